The van der Waals surface area contributed by atoms with Gasteiger partial charge in [-0.3, -0.25) is 0 Å². The van der Waals surface area contributed by atoms with Crippen molar-refractivity contribution in [2.75, 3.05) is 5.32 Å². The first-order valence-corrected chi connectivity index (χ1v) is 24.0. The van der Waals surface area contributed by atoms with Crippen LogP contribution in [0.2, 0.25) is 0 Å². The summed E-state index contributed by atoms with van der Waals surface area (Å²) in [5, 5.41) is 6.34. The Kier molecular flexibility index (Phi) is 11.6. The summed E-state index contributed by atoms with van der Waals surface area (Å²) >= 11 is 0. The van der Waals surface area contributed by atoms with Crippen molar-refractivity contribution in [3.8, 4) is 0 Å². The van der Waals surface area contributed by atoms with Crippen LogP contribution in [0.25, 0.3) is 44.8 Å². The van der Waals surface area contributed by atoms with E-state index in [4.69, 9.17) is 5.73 Å². The van der Waals surface area contributed by atoms with E-state index in [-0.39, 0.29) is 0 Å². The highest BCUT2D eigenvalue weighted by Gasteiger charge is 2.50. The van der Waals surface area contributed by atoms with E-state index in [1.54, 1.807) is 0 Å². The molecule has 68 heavy (non-hydrogen) atoms. The first-order valence-electron chi connectivity index (χ1n) is 24.0. The normalized spacial score (nSPS) is 18.9. The van der Waals surface area contributed by atoms with E-state index in [9.17, 15) is 0 Å². The second kappa shape index (κ2) is 18.6. The molecule has 4 aliphatic carbocycles. The van der Waals surface area contributed by atoms with Gasteiger partial charge in [0.2, 0.25) is 0 Å². The van der Waals surface area contributed by atoms with Crippen molar-refractivity contribution in [2.24, 2.45) is 5.73 Å². The Morgan fingerprint density at radius 2 is 1.24 bits per heavy atom. The molecule has 0 saturated carbocycles. The summed E-state index contributed by atoms with van der Waals surface area (Å²) in [4.78, 5) is 0. The molecule has 1 heterocycles. The number of fused-ring (bicyclic) bond motifs is 9. The number of hydrogen-bond donors (Lipinski definition) is 2. The predicted molar refractivity (Wildman–Crippen MR) is 289 cm³/mol. The molecule has 3 nitrogen and oxygen atoms in total. The number of allylic oxidation sites excluding steroid dienone is 13. The molecule has 7 aromatic carbocycles. The number of nitrogens with two attached hydrogens (primary N) is 1. The quantitative estimate of drug-likeness (QED) is 0.167. The zero-order valence-corrected chi connectivity index (χ0v) is 38.6. The Hall–Kier alpha value is -8.14. The fourth-order valence-electron chi connectivity index (χ4n) is 11.0. The van der Waals surface area contributed by atoms with Crippen LogP contribution in [0.1, 0.15) is 64.6 Å². The maximum Gasteiger partial charge on any atom is 0.0696 e. The lowest BCUT2D eigenvalue weighted by molar-refractivity contribution is 0.685. The van der Waals surface area contributed by atoms with E-state index in [0.29, 0.717) is 0 Å². The first kappa shape index (κ1) is 42.5. The standard InChI is InChI=1S/C58H47N3.C7H8/c59-54(42-18-3-1-4-19-42)37-33-43-20-15-27-53-57(43)50-38-44(40-30-34-47(35-31-40)61-55-28-13-10-24-48(55)49-25-11-14-29-56(49)61)32-36-52(50)58(53)45(39-60-46-22-5-2-6-23-46)21-9-7-16-41-17-8-12-26-51(41)58;1-7-5-3-2-4-6-7/h1-30,34,37-39,60H,31-33,35-36,59H2;2-6H,1H3/b16-7-,21-9-,45-39-,54-37-;. The Morgan fingerprint density at radius 3 is 1.94 bits per heavy atom. The SMILES string of the molecule is Cc1ccccc1.N/C(=C\Cc1cccc2c1C1=C(CCC(C3=CC=C(n4c5ccccc5c5ccccc54)CC3)=C1)C21C(=C\Nc2ccccc2)/C=C\C=C/c2ccccc21)c1ccccc1. The molecule has 330 valence electrons. The molecule has 12 rings (SSSR count). The van der Waals surface area contributed by atoms with Gasteiger partial charge in [-0.25, -0.2) is 0 Å². The smallest absolute Gasteiger partial charge is 0.0696 e. The molecule has 0 aliphatic heterocycles. The molecule has 0 amide bonds. The molecule has 1 spiro atoms. The fourth-order valence-corrected chi connectivity index (χ4v) is 11.0. The minimum absolute atomic E-state index is 0.512. The Balaban J connectivity index is 0.000000667. The molecule has 3 heteroatoms. The summed E-state index contributed by atoms with van der Waals surface area (Å²) in [5.74, 6) is 0. The van der Waals surface area contributed by atoms with E-state index in [0.717, 1.165) is 49.1 Å². The third-order valence-electron chi connectivity index (χ3n) is 14.2. The van der Waals surface area contributed by atoms with Crippen molar-refractivity contribution in [2.45, 2.75) is 44.4 Å². The highest BCUT2D eigenvalue weighted by atomic mass is 15.0. The fraction of sp³-hybridized carbons (Fsp3) is 0.108. The average Bonchev–Trinajstić information content (AvgIpc) is 3.89. The average molecular weight is 878 g/mol. The largest absolute Gasteiger partial charge is 0.398 e. The number of aryl methyl sites for hydroxylation is 1. The van der Waals surface area contributed by atoms with Gasteiger partial charge in [0.15, 0.2) is 0 Å². The zero-order valence-electron chi connectivity index (χ0n) is 38.6. The zero-order chi connectivity index (χ0) is 45.9. The van der Waals surface area contributed by atoms with Crippen molar-refractivity contribution in [1.82, 2.24) is 4.57 Å². The minimum Gasteiger partial charge on any atom is -0.398 e. The summed E-state index contributed by atoms with van der Waals surface area (Å²) in [6.45, 7) is 2.08. The van der Waals surface area contributed by atoms with Gasteiger partial charge >= 0.3 is 0 Å². The lowest BCUT2D eigenvalue weighted by Crippen LogP contribution is -2.32. The minimum atomic E-state index is -0.512. The van der Waals surface area contributed by atoms with Crippen LogP contribution in [0.3, 0.4) is 0 Å². The van der Waals surface area contributed by atoms with Crippen LogP contribution in [-0.4, -0.2) is 4.57 Å². The monoisotopic (exact) mass is 877 g/mol. The second-order valence-corrected chi connectivity index (χ2v) is 18.2. The van der Waals surface area contributed by atoms with Gasteiger partial charge in [0, 0.05) is 34.1 Å². The lowest BCUT2D eigenvalue weighted by Gasteiger charge is -2.39. The Bertz CT molecular complexity index is 3390. The van der Waals surface area contributed by atoms with E-state index in [1.165, 1.54) is 88.7 Å². The Labute approximate surface area is 400 Å². The van der Waals surface area contributed by atoms with Crippen LogP contribution < -0.4 is 11.1 Å². The molecule has 1 atom stereocenters. The van der Waals surface area contributed by atoms with Crippen LogP contribution in [0.5, 0.6) is 0 Å². The lowest BCUT2D eigenvalue weighted by atomic mass is 9.63. The highest BCUT2D eigenvalue weighted by Crippen LogP contribution is 2.60. The molecule has 0 bridgehead atoms. The third-order valence-corrected chi connectivity index (χ3v) is 14.2. The Morgan fingerprint density at radius 1 is 0.603 bits per heavy atom. The van der Waals surface area contributed by atoms with Crippen molar-refractivity contribution < 1.29 is 0 Å². The number of hydrogen-bond acceptors (Lipinski definition) is 2. The predicted octanol–water partition coefficient (Wildman–Crippen LogP) is 15.9. The van der Waals surface area contributed by atoms with E-state index in [1.807, 2.05) is 24.3 Å². The molecular formula is C65H55N3. The number of anilines is 1. The van der Waals surface area contributed by atoms with Crippen molar-refractivity contribution in [1.29, 1.82) is 0 Å². The maximum absolute atomic E-state index is 6.79. The number of rotatable bonds is 7. The molecule has 0 radical (unpaired) electrons. The van der Waals surface area contributed by atoms with Gasteiger partial charge in [-0.2, -0.15) is 0 Å². The van der Waals surface area contributed by atoms with Crippen LogP contribution in [0.4, 0.5) is 5.69 Å². The van der Waals surface area contributed by atoms with Gasteiger partial charge in [-0.1, -0.05) is 206 Å². The van der Waals surface area contributed by atoms with Crippen LogP contribution in [0, 0.1) is 6.92 Å². The molecule has 3 N–H and O–H groups in total. The summed E-state index contributed by atoms with van der Waals surface area (Å²) in [6.07, 6.45) is 25.4. The molecule has 4 aliphatic rings. The molecule has 0 saturated heterocycles. The second-order valence-electron chi connectivity index (χ2n) is 18.2. The summed E-state index contributed by atoms with van der Waals surface area (Å²) in [6, 6.07) is 64.7. The molecule has 1 aromatic heterocycles. The van der Waals surface area contributed by atoms with Crippen molar-refractivity contribution in [3.05, 3.63) is 292 Å². The van der Waals surface area contributed by atoms with Gasteiger partial charge in [0.25, 0.3) is 0 Å². The molecule has 1 unspecified atom stereocenters. The number of nitrogens with one attached hydrogen (secondary N) is 1. The van der Waals surface area contributed by atoms with E-state index < -0.39 is 5.41 Å². The third kappa shape index (κ3) is 7.80. The van der Waals surface area contributed by atoms with Gasteiger partial charge in [0.1, 0.15) is 0 Å². The van der Waals surface area contributed by atoms with Crippen molar-refractivity contribution >= 4 is 50.5 Å². The van der Waals surface area contributed by atoms with Crippen LogP contribution >= 0.6 is 0 Å². The van der Waals surface area contributed by atoms with Gasteiger partial charge in [0.05, 0.1) is 16.4 Å². The van der Waals surface area contributed by atoms with Gasteiger partial charge in [-0.05, 0) is 131 Å². The topological polar surface area (TPSA) is 43.0 Å². The first-order chi connectivity index (χ1) is 33.6. The summed E-state index contributed by atoms with van der Waals surface area (Å²) in [5.41, 5.74) is 27.8. The number of aromatic nitrogens is 1. The summed E-state index contributed by atoms with van der Waals surface area (Å²) < 4.78 is 2.48. The maximum atomic E-state index is 6.79. The number of benzene rings is 7. The highest BCUT2D eigenvalue weighted by molar-refractivity contribution is 6.10. The van der Waals surface area contributed by atoms with E-state index >= 15 is 0 Å². The molecular weight excluding hydrogens is 823 g/mol. The molecule has 8 aromatic rings. The van der Waals surface area contributed by atoms with E-state index in [2.05, 4.69) is 229 Å². The van der Waals surface area contributed by atoms with Crippen LogP contribution in [-0.2, 0) is 11.8 Å². The van der Waals surface area contributed by atoms with Gasteiger partial charge in [-0.15, -0.1) is 0 Å². The molecule has 0 fully saturated rings. The number of para-hydroxylation sites is 3. The summed E-state index contributed by atoms with van der Waals surface area (Å²) in [7, 11) is 0. The van der Waals surface area contributed by atoms with Crippen molar-refractivity contribution in [3.63, 3.8) is 0 Å². The van der Waals surface area contributed by atoms with Gasteiger partial charge < -0.3 is 15.6 Å². The number of nitrogens with zero attached hydrogens (tertiary/aromatic N) is 1. The van der Waals surface area contributed by atoms with Crippen LogP contribution in [0.15, 0.2) is 253 Å².